The first-order chi connectivity index (χ1) is 19.7. The van der Waals surface area contributed by atoms with E-state index >= 15 is 0 Å². The first-order valence-electron chi connectivity index (χ1n) is 14.2. The Morgan fingerprint density at radius 2 is 1.63 bits per heavy atom. The molecule has 0 spiro atoms. The van der Waals surface area contributed by atoms with Crippen LogP contribution in [0, 0.1) is 6.92 Å². The van der Waals surface area contributed by atoms with Crippen LogP contribution >= 0.6 is 11.6 Å². The molecule has 0 bridgehead atoms. The number of nitrogens with one attached hydrogen (secondary N) is 1. The summed E-state index contributed by atoms with van der Waals surface area (Å²) >= 11 is 6.48. The van der Waals surface area contributed by atoms with Crippen molar-refractivity contribution in [2.75, 3.05) is 10.8 Å². The number of anilines is 1. The zero-order valence-corrected chi connectivity index (χ0v) is 25.2. The Balaban J connectivity index is 1.71. The maximum absolute atomic E-state index is 14.2. The van der Waals surface area contributed by atoms with E-state index in [1.807, 2.05) is 32.0 Å². The van der Waals surface area contributed by atoms with Crippen LogP contribution in [0.5, 0.6) is 0 Å². The van der Waals surface area contributed by atoms with Crippen molar-refractivity contribution >= 4 is 39.1 Å². The molecule has 3 aromatic rings. The first kappa shape index (κ1) is 30.6. The second-order valence-corrected chi connectivity index (χ2v) is 12.8. The van der Waals surface area contributed by atoms with Crippen molar-refractivity contribution in [2.45, 2.75) is 75.9 Å². The molecule has 3 aromatic carbocycles. The molecule has 2 amide bonds. The highest BCUT2D eigenvalue weighted by Crippen LogP contribution is 2.27. The standard InChI is InChI=1S/C32H38ClN3O4S/c1-3-30(32(38)34-26-15-6-4-7-16-26)35(22-25-14-10-11-20-29(25)33)31(37)23-36(27-17-12-13-24(2)21-27)41(39,40)28-18-8-5-9-19-28/h5,8-14,17-21,26,30H,3-4,6-7,15-16,22-23H2,1-2H3,(H,34,38)/t30-/m0/s1. The Hall–Kier alpha value is -3.36. The van der Waals surface area contributed by atoms with Gasteiger partial charge in [-0.05, 0) is 67.6 Å². The summed E-state index contributed by atoms with van der Waals surface area (Å²) in [5.74, 6) is -0.718. The molecule has 0 aliphatic heterocycles. The summed E-state index contributed by atoms with van der Waals surface area (Å²) in [6, 6.07) is 21.6. The monoisotopic (exact) mass is 595 g/mol. The van der Waals surface area contributed by atoms with Gasteiger partial charge in [0.15, 0.2) is 0 Å². The Bertz CT molecular complexity index is 1440. The third-order valence-electron chi connectivity index (χ3n) is 7.54. The lowest BCUT2D eigenvalue weighted by Crippen LogP contribution is -2.54. The number of hydrogen-bond acceptors (Lipinski definition) is 4. The van der Waals surface area contributed by atoms with Gasteiger partial charge in [-0.3, -0.25) is 13.9 Å². The Morgan fingerprint density at radius 3 is 2.29 bits per heavy atom. The number of carbonyl (C=O) groups is 2. The molecule has 1 fully saturated rings. The van der Waals surface area contributed by atoms with Gasteiger partial charge in [-0.1, -0.05) is 86.3 Å². The maximum atomic E-state index is 14.2. The molecule has 0 unspecified atom stereocenters. The quantitative estimate of drug-likeness (QED) is 0.290. The fourth-order valence-electron chi connectivity index (χ4n) is 5.31. The smallest absolute Gasteiger partial charge is 0.264 e. The van der Waals surface area contributed by atoms with Crippen molar-refractivity contribution in [3.05, 3.63) is 95.0 Å². The Labute approximate surface area is 248 Å². The molecule has 1 atom stereocenters. The lowest BCUT2D eigenvalue weighted by atomic mass is 9.95. The van der Waals surface area contributed by atoms with Gasteiger partial charge in [0.2, 0.25) is 11.8 Å². The Morgan fingerprint density at radius 1 is 0.951 bits per heavy atom. The molecule has 1 N–H and O–H groups in total. The van der Waals surface area contributed by atoms with E-state index in [9.17, 15) is 18.0 Å². The number of carbonyl (C=O) groups excluding carboxylic acids is 2. The van der Waals surface area contributed by atoms with Crippen molar-refractivity contribution in [3.8, 4) is 0 Å². The van der Waals surface area contributed by atoms with Crippen molar-refractivity contribution < 1.29 is 18.0 Å². The number of benzene rings is 3. The first-order valence-corrected chi connectivity index (χ1v) is 16.0. The third-order valence-corrected chi connectivity index (χ3v) is 9.69. The van der Waals surface area contributed by atoms with Crippen molar-refractivity contribution in [3.63, 3.8) is 0 Å². The largest absolute Gasteiger partial charge is 0.352 e. The summed E-state index contributed by atoms with van der Waals surface area (Å²) in [4.78, 5) is 29.4. The number of nitrogens with zero attached hydrogens (tertiary/aromatic N) is 2. The maximum Gasteiger partial charge on any atom is 0.264 e. The fourth-order valence-corrected chi connectivity index (χ4v) is 6.93. The average molecular weight is 596 g/mol. The van der Waals surface area contributed by atoms with Gasteiger partial charge in [-0.25, -0.2) is 8.42 Å². The van der Waals surface area contributed by atoms with Crippen molar-refractivity contribution in [2.24, 2.45) is 0 Å². The molecule has 41 heavy (non-hydrogen) atoms. The van der Waals surface area contributed by atoms with Crippen LogP contribution in [0.4, 0.5) is 5.69 Å². The van der Waals surface area contributed by atoms with E-state index in [1.165, 1.54) is 17.0 Å². The van der Waals surface area contributed by atoms with Gasteiger partial charge in [0, 0.05) is 17.6 Å². The molecule has 9 heteroatoms. The highest BCUT2D eigenvalue weighted by molar-refractivity contribution is 7.92. The van der Waals surface area contributed by atoms with Crippen LogP contribution < -0.4 is 9.62 Å². The molecule has 1 aliphatic carbocycles. The normalized spacial score (nSPS) is 14.7. The van der Waals surface area contributed by atoms with E-state index in [0.717, 1.165) is 42.0 Å². The summed E-state index contributed by atoms with van der Waals surface area (Å²) in [5.41, 5.74) is 1.91. The summed E-state index contributed by atoms with van der Waals surface area (Å²) in [6.07, 6.45) is 5.48. The number of rotatable bonds is 11. The summed E-state index contributed by atoms with van der Waals surface area (Å²) in [6.45, 7) is 3.32. The predicted octanol–water partition coefficient (Wildman–Crippen LogP) is 6.10. The molecule has 4 rings (SSSR count). The second kappa shape index (κ2) is 14.0. The van der Waals surface area contributed by atoms with Crippen LogP contribution in [-0.4, -0.2) is 43.8 Å². The van der Waals surface area contributed by atoms with E-state index in [0.29, 0.717) is 22.7 Å². The summed E-state index contributed by atoms with van der Waals surface area (Å²) in [7, 11) is -4.10. The molecular weight excluding hydrogens is 558 g/mol. The van der Waals surface area contributed by atoms with E-state index in [4.69, 9.17) is 11.6 Å². The minimum absolute atomic E-state index is 0.0716. The van der Waals surface area contributed by atoms with E-state index in [1.54, 1.807) is 48.5 Å². The molecular formula is C32H38ClN3O4S. The number of hydrogen-bond donors (Lipinski definition) is 1. The van der Waals surface area contributed by atoms with Gasteiger partial charge in [-0.2, -0.15) is 0 Å². The minimum Gasteiger partial charge on any atom is -0.352 e. The lowest BCUT2D eigenvalue weighted by molar-refractivity contribution is -0.140. The van der Waals surface area contributed by atoms with Gasteiger partial charge >= 0.3 is 0 Å². The SMILES string of the molecule is CC[C@@H](C(=O)NC1CCCCC1)N(Cc1ccccc1Cl)C(=O)CN(c1cccc(C)c1)S(=O)(=O)c1ccccc1. The van der Waals surface area contributed by atoms with Gasteiger partial charge in [0.25, 0.3) is 10.0 Å². The van der Waals surface area contributed by atoms with Gasteiger partial charge < -0.3 is 10.2 Å². The topological polar surface area (TPSA) is 86.8 Å². The molecule has 7 nitrogen and oxygen atoms in total. The van der Waals surface area contributed by atoms with Crippen LogP contribution in [0.25, 0.3) is 0 Å². The van der Waals surface area contributed by atoms with Crippen molar-refractivity contribution in [1.29, 1.82) is 0 Å². The minimum atomic E-state index is -4.10. The zero-order chi connectivity index (χ0) is 29.4. The summed E-state index contributed by atoms with van der Waals surface area (Å²) in [5, 5.41) is 3.63. The summed E-state index contributed by atoms with van der Waals surface area (Å²) < 4.78 is 28.9. The van der Waals surface area contributed by atoms with Crippen LogP contribution in [0.15, 0.2) is 83.8 Å². The highest BCUT2D eigenvalue weighted by atomic mass is 35.5. The van der Waals surface area contributed by atoms with E-state index < -0.39 is 28.5 Å². The van der Waals surface area contributed by atoms with Gasteiger partial charge in [-0.15, -0.1) is 0 Å². The number of halogens is 1. The molecule has 0 radical (unpaired) electrons. The number of aryl methyl sites for hydroxylation is 1. The average Bonchev–Trinajstić information content (AvgIpc) is 2.97. The van der Waals surface area contributed by atoms with Crippen LogP contribution in [0.3, 0.4) is 0 Å². The van der Waals surface area contributed by atoms with Crippen LogP contribution in [0.2, 0.25) is 5.02 Å². The number of amides is 2. The van der Waals surface area contributed by atoms with Crippen LogP contribution in [0.1, 0.15) is 56.6 Å². The molecule has 0 heterocycles. The zero-order valence-electron chi connectivity index (χ0n) is 23.6. The molecule has 0 saturated heterocycles. The van der Waals surface area contributed by atoms with Gasteiger partial charge in [0.05, 0.1) is 10.6 Å². The van der Waals surface area contributed by atoms with Crippen LogP contribution in [-0.2, 0) is 26.2 Å². The molecule has 0 aromatic heterocycles. The fraction of sp³-hybridized carbons (Fsp3) is 0.375. The molecule has 218 valence electrons. The third kappa shape index (κ3) is 7.68. The molecule has 1 aliphatic rings. The van der Waals surface area contributed by atoms with Gasteiger partial charge in [0.1, 0.15) is 12.6 Å². The Kier molecular flexibility index (Phi) is 10.5. The number of sulfonamides is 1. The lowest BCUT2D eigenvalue weighted by Gasteiger charge is -2.34. The predicted molar refractivity (Wildman–Crippen MR) is 163 cm³/mol. The molecule has 1 saturated carbocycles. The van der Waals surface area contributed by atoms with E-state index in [-0.39, 0.29) is 23.4 Å². The van der Waals surface area contributed by atoms with Crippen molar-refractivity contribution in [1.82, 2.24) is 10.2 Å². The second-order valence-electron chi connectivity index (χ2n) is 10.5. The highest BCUT2D eigenvalue weighted by Gasteiger charge is 2.34. The van der Waals surface area contributed by atoms with E-state index in [2.05, 4.69) is 5.32 Å².